The summed E-state index contributed by atoms with van der Waals surface area (Å²) in [5.74, 6) is 0. The van der Waals surface area contributed by atoms with Crippen LogP contribution in [0.3, 0.4) is 0 Å². The normalized spacial score (nSPS) is 9.65. The highest BCUT2D eigenvalue weighted by molar-refractivity contribution is 7.22. The maximum Gasteiger partial charge on any atom is 0.213 e. The van der Waals surface area contributed by atoms with E-state index < -0.39 is 0 Å². The molecule has 0 unspecified atom stereocenters. The predicted octanol–water partition coefficient (Wildman–Crippen LogP) is 2.84. The molecule has 1 aromatic carbocycles. The van der Waals surface area contributed by atoms with E-state index in [1.54, 1.807) is 24.5 Å². The lowest BCUT2D eigenvalue weighted by Gasteiger charge is -1.88. The van der Waals surface area contributed by atoms with E-state index in [2.05, 4.69) is 21.4 Å². The standard InChI is InChI=1S/C9H8N2OS.C5H6N2/c1-6-2-3-7-8(4-6)13-9(11-7)10-5-12;6-5-2-1-3-7-4-5/h2-5H,1H3,(H,10,11,12);1-4H,6H2. The number of aryl methyl sites for hydroxylation is 1. The fourth-order valence-electron chi connectivity index (χ4n) is 1.52. The molecule has 6 heteroatoms. The number of nitrogens with one attached hydrogen (secondary N) is 1. The number of carbonyl (C=O) groups is 1. The molecule has 0 aliphatic heterocycles. The van der Waals surface area contributed by atoms with Gasteiger partial charge >= 0.3 is 0 Å². The van der Waals surface area contributed by atoms with Crippen LogP contribution in [0.5, 0.6) is 0 Å². The number of fused-ring (bicyclic) bond motifs is 1. The number of carbonyl (C=O) groups excluding carboxylic acids is 1. The molecule has 0 radical (unpaired) electrons. The highest BCUT2D eigenvalue weighted by Crippen LogP contribution is 2.25. The smallest absolute Gasteiger partial charge is 0.213 e. The van der Waals surface area contributed by atoms with Crippen LogP contribution in [-0.4, -0.2) is 16.4 Å². The molecule has 102 valence electrons. The lowest BCUT2D eigenvalue weighted by molar-refractivity contribution is -0.105. The van der Waals surface area contributed by atoms with E-state index in [1.807, 2.05) is 19.1 Å². The molecule has 3 aromatic rings. The molecule has 3 rings (SSSR count). The number of nitrogens with zero attached hydrogens (tertiary/aromatic N) is 2. The van der Waals surface area contributed by atoms with Gasteiger partial charge in [-0.15, -0.1) is 0 Å². The minimum absolute atomic E-state index is 0.643. The molecule has 5 nitrogen and oxygen atoms in total. The average Bonchev–Trinajstić information content (AvgIpc) is 2.82. The van der Waals surface area contributed by atoms with Crippen molar-refractivity contribution in [3.8, 4) is 0 Å². The van der Waals surface area contributed by atoms with Crippen molar-refractivity contribution in [2.24, 2.45) is 0 Å². The maximum absolute atomic E-state index is 10.2. The molecule has 1 amide bonds. The summed E-state index contributed by atoms with van der Waals surface area (Å²) in [4.78, 5) is 18.2. The van der Waals surface area contributed by atoms with Crippen LogP contribution < -0.4 is 11.1 Å². The van der Waals surface area contributed by atoms with Crippen molar-refractivity contribution >= 4 is 38.8 Å². The Morgan fingerprint density at radius 3 is 2.80 bits per heavy atom. The highest BCUT2D eigenvalue weighted by atomic mass is 32.1. The number of benzene rings is 1. The molecule has 3 N–H and O–H groups in total. The Bertz CT molecular complexity index is 697. The molecular formula is C14H14N4OS. The summed E-state index contributed by atoms with van der Waals surface area (Å²) in [7, 11) is 0. The van der Waals surface area contributed by atoms with Crippen molar-refractivity contribution in [2.45, 2.75) is 6.92 Å². The Balaban J connectivity index is 0.000000178. The molecule has 0 spiro atoms. The van der Waals surface area contributed by atoms with Crippen LogP contribution in [0.25, 0.3) is 10.2 Å². The summed E-state index contributed by atoms with van der Waals surface area (Å²) in [6.07, 6.45) is 3.95. The number of amides is 1. The van der Waals surface area contributed by atoms with Gasteiger partial charge in [-0.1, -0.05) is 17.4 Å². The van der Waals surface area contributed by atoms with Crippen LogP contribution in [0.2, 0.25) is 0 Å². The fraction of sp³-hybridized carbons (Fsp3) is 0.0714. The molecule has 0 bridgehead atoms. The molecule has 0 atom stereocenters. The first-order valence-electron chi connectivity index (χ1n) is 5.92. The van der Waals surface area contributed by atoms with Gasteiger partial charge in [0.25, 0.3) is 0 Å². The number of thiazole rings is 1. The molecule has 2 aromatic heterocycles. The number of rotatable bonds is 2. The Morgan fingerprint density at radius 1 is 1.35 bits per heavy atom. The molecule has 0 saturated carbocycles. The van der Waals surface area contributed by atoms with Crippen molar-refractivity contribution in [3.63, 3.8) is 0 Å². The molecular weight excluding hydrogens is 272 g/mol. The lowest BCUT2D eigenvalue weighted by atomic mass is 10.2. The Morgan fingerprint density at radius 2 is 2.20 bits per heavy atom. The summed E-state index contributed by atoms with van der Waals surface area (Å²) in [5, 5.41) is 3.19. The first-order chi connectivity index (χ1) is 9.69. The monoisotopic (exact) mass is 286 g/mol. The van der Waals surface area contributed by atoms with E-state index in [9.17, 15) is 4.79 Å². The Labute approximate surface area is 120 Å². The third kappa shape index (κ3) is 3.76. The van der Waals surface area contributed by atoms with Gasteiger partial charge in [-0.3, -0.25) is 9.78 Å². The van der Waals surface area contributed by atoms with E-state index in [1.165, 1.54) is 16.9 Å². The quantitative estimate of drug-likeness (QED) is 0.710. The Hall–Kier alpha value is -2.47. The second-order valence-corrected chi connectivity index (χ2v) is 5.07. The number of hydrogen-bond acceptors (Lipinski definition) is 5. The van der Waals surface area contributed by atoms with Gasteiger partial charge in [0.2, 0.25) is 6.41 Å². The third-order valence-corrected chi connectivity index (χ3v) is 3.36. The number of anilines is 2. The third-order valence-electron chi connectivity index (χ3n) is 2.41. The fourth-order valence-corrected chi connectivity index (χ4v) is 2.44. The molecule has 0 aliphatic rings. The zero-order chi connectivity index (χ0) is 14.4. The Kier molecular flexibility index (Phi) is 4.62. The van der Waals surface area contributed by atoms with Crippen LogP contribution in [0.1, 0.15) is 5.56 Å². The summed E-state index contributed by atoms with van der Waals surface area (Å²) in [6.45, 7) is 2.03. The van der Waals surface area contributed by atoms with Crippen molar-refractivity contribution in [1.82, 2.24) is 9.97 Å². The summed E-state index contributed by atoms with van der Waals surface area (Å²) >= 11 is 1.48. The van der Waals surface area contributed by atoms with Crippen molar-refractivity contribution in [3.05, 3.63) is 48.3 Å². The van der Waals surface area contributed by atoms with E-state index in [4.69, 9.17) is 5.73 Å². The van der Waals surface area contributed by atoms with E-state index in [0.29, 0.717) is 17.2 Å². The first kappa shape index (κ1) is 14.0. The zero-order valence-electron chi connectivity index (χ0n) is 10.9. The van der Waals surface area contributed by atoms with Gasteiger partial charge in [0.1, 0.15) is 0 Å². The maximum atomic E-state index is 10.2. The summed E-state index contributed by atoms with van der Waals surface area (Å²) in [6, 6.07) is 9.62. The number of nitrogen functional groups attached to an aromatic ring is 1. The van der Waals surface area contributed by atoms with Crippen LogP contribution >= 0.6 is 11.3 Å². The van der Waals surface area contributed by atoms with Gasteiger partial charge < -0.3 is 11.1 Å². The topological polar surface area (TPSA) is 80.9 Å². The van der Waals surface area contributed by atoms with Crippen molar-refractivity contribution < 1.29 is 4.79 Å². The predicted molar refractivity (Wildman–Crippen MR) is 82.7 cm³/mol. The van der Waals surface area contributed by atoms with Gasteiger partial charge in [-0.2, -0.15) is 0 Å². The molecule has 0 fully saturated rings. The number of aromatic nitrogens is 2. The van der Waals surface area contributed by atoms with Gasteiger partial charge in [0, 0.05) is 12.4 Å². The highest BCUT2D eigenvalue weighted by Gasteiger charge is 2.01. The molecule has 20 heavy (non-hydrogen) atoms. The first-order valence-corrected chi connectivity index (χ1v) is 6.73. The summed E-state index contributed by atoms with van der Waals surface area (Å²) in [5.41, 5.74) is 8.14. The van der Waals surface area contributed by atoms with Crippen LogP contribution in [0.4, 0.5) is 10.8 Å². The number of pyridine rings is 1. The van der Waals surface area contributed by atoms with E-state index in [0.717, 1.165) is 10.2 Å². The van der Waals surface area contributed by atoms with Gasteiger partial charge in [0.15, 0.2) is 5.13 Å². The zero-order valence-corrected chi connectivity index (χ0v) is 11.7. The van der Waals surface area contributed by atoms with Crippen LogP contribution in [0.15, 0.2) is 42.7 Å². The largest absolute Gasteiger partial charge is 0.397 e. The lowest BCUT2D eigenvalue weighted by Crippen LogP contribution is -1.91. The van der Waals surface area contributed by atoms with Gasteiger partial charge in [-0.25, -0.2) is 4.98 Å². The van der Waals surface area contributed by atoms with E-state index >= 15 is 0 Å². The average molecular weight is 286 g/mol. The van der Waals surface area contributed by atoms with Gasteiger partial charge in [0.05, 0.1) is 15.9 Å². The molecule has 0 aliphatic carbocycles. The minimum atomic E-state index is 0.643. The SMILES string of the molecule is Cc1ccc2nc(NC=O)sc2c1.Nc1cccnc1. The number of hydrogen-bond donors (Lipinski definition) is 2. The van der Waals surface area contributed by atoms with Crippen LogP contribution in [0, 0.1) is 6.92 Å². The van der Waals surface area contributed by atoms with E-state index in [-0.39, 0.29) is 0 Å². The van der Waals surface area contributed by atoms with Crippen molar-refractivity contribution in [1.29, 1.82) is 0 Å². The summed E-state index contributed by atoms with van der Waals surface area (Å²) < 4.78 is 1.10. The van der Waals surface area contributed by atoms with Crippen LogP contribution in [-0.2, 0) is 4.79 Å². The molecule has 2 heterocycles. The molecule has 0 saturated heterocycles. The van der Waals surface area contributed by atoms with Crippen molar-refractivity contribution in [2.75, 3.05) is 11.1 Å². The second kappa shape index (κ2) is 6.63. The second-order valence-electron chi connectivity index (χ2n) is 4.04. The van der Waals surface area contributed by atoms with Gasteiger partial charge in [-0.05, 0) is 36.8 Å². The minimum Gasteiger partial charge on any atom is -0.397 e. The number of nitrogens with two attached hydrogens (primary N) is 1.